The SMILES string of the molecule is COC(=O)C1=C(O)/C(=C/c2cc(C)n(-c3ccc(F)cc3)c2C)N=C1C. The van der Waals surface area contributed by atoms with Crippen LogP contribution in [0, 0.1) is 19.7 Å². The number of benzene rings is 1. The number of halogens is 1. The third-order valence-corrected chi connectivity index (χ3v) is 4.37. The first kappa shape index (κ1) is 17.7. The zero-order valence-electron chi connectivity index (χ0n) is 15.0. The van der Waals surface area contributed by atoms with Crippen molar-refractivity contribution in [3.05, 3.63) is 70.1 Å². The number of ether oxygens (including phenoxy) is 1. The largest absolute Gasteiger partial charge is 0.505 e. The number of hydrogen-bond donors (Lipinski definition) is 1. The van der Waals surface area contributed by atoms with Crippen molar-refractivity contribution in [3.63, 3.8) is 0 Å². The Kier molecular flexibility index (Phi) is 4.50. The highest BCUT2D eigenvalue weighted by molar-refractivity contribution is 6.22. The van der Waals surface area contributed by atoms with Crippen LogP contribution in [0.3, 0.4) is 0 Å². The van der Waals surface area contributed by atoms with Gasteiger partial charge in [0.15, 0.2) is 5.76 Å². The van der Waals surface area contributed by atoms with Gasteiger partial charge in [0.1, 0.15) is 17.1 Å². The highest BCUT2D eigenvalue weighted by Gasteiger charge is 2.27. The molecule has 1 aromatic carbocycles. The van der Waals surface area contributed by atoms with Crippen LogP contribution in [0.1, 0.15) is 23.9 Å². The number of carbonyl (C=O) groups excluding carboxylic acids is 1. The van der Waals surface area contributed by atoms with E-state index in [2.05, 4.69) is 9.73 Å². The van der Waals surface area contributed by atoms with E-state index in [1.807, 2.05) is 24.5 Å². The van der Waals surface area contributed by atoms with Gasteiger partial charge in [0.2, 0.25) is 0 Å². The molecule has 2 heterocycles. The Morgan fingerprint density at radius 1 is 1.23 bits per heavy atom. The molecule has 1 aliphatic heterocycles. The second-order valence-electron chi connectivity index (χ2n) is 6.08. The van der Waals surface area contributed by atoms with Crippen LogP contribution in [0.15, 0.2) is 52.4 Å². The molecule has 0 unspecified atom stereocenters. The smallest absolute Gasteiger partial charge is 0.343 e. The van der Waals surface area contributed by atoms with Gasteiger partial charge in [0, 0.05) is 17.1 Å². The van der Waals surface area contributed by atoms with Gasteiger partial charge < -0.3 is 14.4 Å². The monoisotopic (exact) mass is 354 g/mol. The number of methoxy groups -OCH3 is 1. The van der Waals surface area contributed by atoms with E-state index in [0.29, 0.717) is 11.4 Å². The minimum Gasteiger partial charge on any atom is -0.505 e. The molecule has 5 nitrogen and oxygen atoms in total. The molecule has 0 amide bonds. The number of aromatic nitrogens is 1. The van der Waals surface area contributed by atoms with Crippen molar-refractivity contribution in [3.8, 4) is 5.69 Å². The summed E-state index contributed by atoms with van der Waals surface area (Å²) in [5, 5.41) is 10.3. The van der Waals surface area contributed by atoms with Gasteiger partial charge in [-0.25, -0.2) is 14.2 Å². The molecule has 0 fully saturated rings. The summed E-state index contributed by atoms with van der Waals surface area (Å²) < 4.78 is 19.9. The number of aliphatic hydroxyl groups excluding tert-OH is 1. The van der Waals surface area contributed by atoms with Crippen LogP contribution in [0.2, 0.25) is 0 Å². The van der Waals surface area contributed by atoms with E-state index in [4.69, 9.17) is 0 Å². The standard InChI is InChI=1S/C20H19FN2O3/c1-11-9-14(13(3)23(11)16-7-5-15(21)6-8-16)10-17-19(24)18(12(2)22-17)20(25)26-4/h5-10,24H,1-4H3/b17-10-. The van der Waals surface area contributed by atoms with E-state index in [0.717, 1.165) is 22.6 Å². The molecule has 1 N–H and O–H groups in total. The Bertz CT molecular complexity index is 979. The lowest BCUT2D eigenvalue weighted by Gasteiger charge is -2.09. The molecule has 0 radical (unpaired) electrons. The first-order valence-corrected chi connectivity index (χ1v) is 8.07. The summed E-state index contributed by atoms with van der Waals surface area (Å²) in [5.41, 5.74) is 4.34. The van der Waals surface area contributed by atoms with Gasteiger partial charge in [0.25, 0.3) is 0 Å². The van der Waals surface area contributed by atoms with E-state index >= 15 is 0 Å². The van der Waals surface area contributed by atoms with Gasteiger partial charge in [-0.2, -0.15) is 0 Å². The van der Waals surface area contributed by atoms with E-state index in [9.17, 15) is 14.3 Å². The summed E-state index contributed by atoms with van der Waals surface area (Å²) in [7, 11) is 1.26. The molecule has 0 saturated carbocycles. The third kappa shape index (κ3) is 2.94. The molecule has 0 spiro atoms. The van der Waals surface area contributed by atoms with Crippen LogP contribution in [-0.2, 0) is 9.53 Å². The van der Waals surface area contributed by atoms with Crippen LogP contribution in [0.4, 0.5) is 4.39 Å². The molecule has 1 aliphatic rings. The van der Waals surface area contributed by atoms with E-state index in [-0.39, 0.29) is 17.1 Å². The lowest BCUT2D eigenvalue weighted by atomic mass is 10.1. The zero-order valence-corrected chi connectivity index (χ0v) is 15.0. The van der Waals surface area contributed by atoms with Crippen LogP contribution in [-0.4, -0.2) is 28.5 Å². The topological polar surface area (TPSA) is 63.8 Å². The molecular weight excluding hydrogens is 335 g/mol. The number of carbonyl (C=O) groups is 1. The third-order valence-electron chi connectivity index (χ3n) is 4.37. The summed E-state index contributed by atoms with van der Waals surface area (Å²) in [6.07, 6.45) is 1.72. The van der Waals surface area contributed by atoms with Crippen molar-refractivity contribution in [1.29, 1.82) is 0 Å². The second kappa shape index (κ2) is 6.63. The zero-order chi connectivity index (χ0) is 19.0. The number of nitrogens with zero attached hydrogens (tertiary/aromatic N) is 2. The fourth-order valence-corrected chi connectivity index (χ4v) is 3.10. The first-order valence-electron chi connectivity index (χ1n) is 8.07. The lowest BCUT2D eigenvalue weighted by molar-refractivity contribution is -0.135. The van der Waals surface area contributed by atoms with Gasteiger partial charge in [-0.1, -0.05) is 0 Å². The van der Waals surface area contributed by atoms with Crippen molar-refractivity contribution in [2.45, 2.75) is 20.8 Å². The Morgan fingerprint density at radius 2 is 1.88 bits per heavy atom. The summed E-state index contributed by atoms with van der Waals surface area (Å²) in [6.45, 7) is 5.51. The summed E-state index contributed by atoms with van der Waals surface area (Å²) >= 11 is 0. The van der Waals surface area contributed by atoms with Crippen molar-refractivity contribution in [2.75, 3.05) is 7.11 Å². The average Bonchev–Trinajstić information content (AvgIpc) is 3.04. The van der Waals surface area contributed by atoms with E-state index < -0.39 is 5.97 Å². The van der Waals surface area contributed by atoms with Crippen LogP contribution >= 0.6 is 0 Å². The summed E-state index contributed by atoms with van der Waals surface area (Å²) in [6, 6.07) is 8.18. The molecule has 0 atom stereocenters. The van der Waals surface area contributed by atoms with Gasteiger partial charge in [0.05, 0.1) is 12.8 Å². The number of hydrogen-bond acceptors (Lipinski definition) is 4. The quantitative estimate of drug-likeness (QED) is 0.847. The van der Waals surface area contributed by atoms with Gasteiger partial charge in [-0.3, -0.25) is 0 Å². The Labute approximate surface area is 150 Å². The molecule has 0 bridgehead atoms. The normalized spacial score (nSPS) is 15.6. The maximum absolute atomic E-state index is 13.2. The number of aliphatic hydroxyl groups is 1. The van der Waals surface area contributed by atoms with E-state index in [1.54, 1.807) is 25.1 Å². The van der Waals surface area contributed by atoms with Gasteiger partial charge >= 0.3 is 5.97 Å². The highest BCUT2D eigenvalue weighted by atomic mass is 19.1. The fraction of sp³-hybridized carbons (Fsp3) is 0.200. The molecule has 6 heteroatoms. The molecular formula is C20H19FN2O3. The summed E-state index contributed by atoms with van der Waals surface area (Å²) in [4.78, 5) is 16.1. The molecule has 3 rings (SSSR count). The maximum atomic E-state index is 13.2. The Morgan fingerprint density at radius 3 is 2.50 bits per heavy atom. The van der Waals surface area contributed by atoms with Crippen LogP contribution < -0.4 is 0 Å². The minimum absolute atomic E-state index is 0.0751. The lowest BCUT2D eigenvalue weighted by Crippen LogP contribution is -2.11. The van der Waals surface area contributed by atoms with Gasteiger partial charge in [-0.05, 0) is 62.7 Å². The number of aliphatic imine (C=N–C) groups is 1. The number of aryl methyl sites for hydroxylation is 1. The highest BCUT2D eigenvalue weighted by Crippen LogP contribution is 2.29. The van der Waals surface area contributed by atoms with Crippen molar-refractivity contribution in [1.82, 2.24) is 4.57 Å². The predicted octanol–water partition coefficient (Wildman–Crippen LogP) is 4.03. The first-order chi connectivity index (χ1) is 12.3. The van der Waals surface area contributed by atoms with Crippen LogP contribution in [0.25, 0.3) is 11.8 Å². The fourth-order valence-electron chi connectivity index (χ4n) is 3.10. The second-order valence-corrected chi connectivity index (χ2v) is 6.08. The molecule has 134 valence electrons. The Hall–Kier alpha value is -3.15. The number of esters is 1. The maximum Gasteiger partial charge on any atom is 0.343 e. The molecule has 1 aromatic heterocycles. The molecule has 0 aliphatic carbocycles. The van der Waals surface area contributed by atoms with Crippen molar-refractivity contribution >= 4 is 17.8 Å². The summed E-state index contributed by atoms with van der Waals surface area (Å²) in [5.74, 6) is -1.11. The van der Waals surface area contributed by atoms with Crippen molar-refractivity contribution in [2.24, 2.45) is 4.99 Å². The van der Waals surface area contributed by atoms with Gasteiger partial charge in [-0.15, -0.1) is 0 Å². The molecule has 2 aromatic rings. The van der Waals surface area contributed by atoms with Crippen LogP contribution in [0.5, 0.6) is 0 Å². The Balaban J connectivity index is 2.06. The predicted molar refractivity (Wildman–Crippen MR) is 98.0 cm³/mol. The average molecular weight is 354 g/mol. The minimum atomic E-state index is -0.621. The van der Waals surface area contributed by atoms with Crippen molar-refractivity contribution < 1.29 is 19.0 Å². The molecule has 26 heavy (non-hydrogen) atoms. The number of rotatable bonds is 3. The molecule has 0 saturated heterocycles. The van der Waals surface area contributed by atoms with E-state index in [1.165, 1.54) is 19.2 Å².